The maximum Gasteiger partial charge on any atom is 0.205 e. The highest BCUT2D eigenvalue weighted by Gasteiger charge is 2.38. The standard InChI is InChI=1S/C19H15BrN2O3/c1-2-8-24-15-7-6-11(9-13(15)20)17-12(10-21)19(22)25-16-5-3-4-14(23)18(16)17/h1,6-7,9,17H,3-5,8,22H2/t17-/m1/s1. The van der Waals surface area contributed by atoms with Gasteiger partial charge in [0.2, 0.25) is 5.88 Å². The van der Waals surface area contributed by atoms with Crippen molar-refractivity contribution in [1.82, 2.24) is 0 Å². The third kappa shape index (κ3) is 3.14. The average Bonchev–Trinajstić information content (AvgIpc) is 2.59. The van der Waals surface area contributed by atoms with Gasteiger partial charge in [0.05, 0.1) is 10.4 Å². The molecule has 6 heteroatoms. The predicted octanol–water partition coefficient (Wildman–Crippen LogP) is 3.28. The molecule has 5 nitrogen and oxygen atoms in total. The lowest BCUT2D eigenvalue weighted by atomic mass is 9.77. The number of hydrogen-bond donors (Lipinski definition) is 1. The van der Waals surface area contributed by atoms with Crippen LogP contribution in [0.1, 0.15) is 30.7 Å². The molecule has 0 unspecified atom stereocenters. The smallest absolute Gasteiger partial charge is 0.205 e. The molecule has 0 amide bonds. The minimum absolute atomic E-state index is 0.00437. The van der Waals surface area contributed by atoms with Crippen LogP contribution >= 0.6 is 15.9 Å². The van der Waals surface area contributed by atoms with Gasteiger partial charge < -0.3 is 15.2 Å². The molecule has 1 aromatic carbocycles. The number of hydrogen-bond acceptors (Lipinski definition) is 5. The molecule has 1 aromatic rings. The molecule has 0 saturated carbocycles. The number of ether oxygens (including phenoxy) is 2. The summed E-state index contributed by atoms with van der Waals surface area (Å²) in [6.07, 6.45) is 7.02. The normalized spacial score (nSPS) is 19.6. The zero-order chi connectivity index (χ0) is 18.0. The molecular weight excluding hydrogens is 384 g/mol. The Balaban J connectivity index is 2.08. The molecular formula is C19H15BrN2O3. The minimum atomic E-state index is -0.528. The minimum Gasteiger partial charge on any atom is -0.480 e. The summed E-state index contributed by atoms with van der Waals surface area (Å²) in [5.41, 5.74) is 7.48. The molecule has 2 aliphatic rings. The second-order valence-corrected chi connectivity index (χ2v) is 6.58. The first kappa shape index (κ1) is 17.1. The van der Waals surface area contributed by atoms with Crippen LogP contribution < -0.4 is 10.5 Å². The summed E-state index contributed by atoms with van der Waals surface area (Å²) in [6.45, 7) is 0.152. The Morgan fingerprint density at radius 1 is 1.44 bits per heavy atom. The van der Waals surface area contributed by atoms with E-state index in [9.17, 15) is 10.1 Å². The van der Waals surface area contributed by atoms with Gasteiger partial charge in [-0.2, -0.15) is 5.26 Å². The van der Waals surface area contributed by atoms with Crippen molar-refractivity contribution in [2.75, 3.05) is 6.61 Å². The fourth-order valence-corrected chi connectivity index (χ4v) is 3.63. The number of rotatable bonds is 3. The number of carbonyl (C=O) groups excluding carboxylic acids is 1. The quantitative estimate of drug-likeness (QED) is 0.789. The van der Waals surface area contributed by atoms with Crippen molar-refractivity contribution in [1.29, 1.82) is 5.26 Å². The molecule has 3 rings (SSSR count). The van der Waals surface area contributed by atoms with E-state index in [1.807, 2.05) is 12.1 Å². The van der Waals surface area contributed by atoms with Crippen LogP contribution in [-0.4, -0.2) is 12.4 Å². The van der Waals surface area contributed by atoms with E-state index in [0.717, 1.165) is 12.0 Å². The maximum atomic E-state index is 12.5. The van der Waals surface area contributed by atoms with Gasteiger partial charge in [0.25, 0.3) is 0 Å². The first-order valence-corrected chi connectivity index (χ1v) is 8.55. The number of nitrogens with zero attached hydrogens (tertiary/aromatic N) is 1. The fraction of sp³-hybridized carbons (Fsp3) is 0.263. The van der Waals surface area contributed by atoms with Gasteiger partial charge in [0.1, 0.15) is 29.8 Å². The third-order valence-corrected chi connectivity index (χ3v) is 4.82. The number of ketones is 1. The molecule has 25 heavy (non-hydrogen) atoms. The molecule has 1 aliphatic heterocycles. The second-order valence-electron chi connectivity index (χ2n) is 5.72. The van der Waals surface area contributed by atoms with Gasteiger partial charge in [-0.25, -0.2) is 0 Å². The number of benzene rings is 1. The zero-order valence-electron chi connectivity index (χ0n) is 13.3. The summed E-state index contributed by atoms with van der Waals surface area (Å²) in [6, 6.07) is 7.48. The van der Waals surface area contributed by atoms with Crippen LogP contribution in [0.4, 0.5) is 0 Å². The molecule has 0 radical (unpaired) electrons. The highest BCUT2D eigenvalue weighted by molar-refractivity contribution is 9.10. The number of nitrogens with two attached hydrogens (primary N) is 1. The van der Waals surface area contributed by atoms with Crippen LogP contribution in [0.3, 0.4) is 0 Å². The zero-order valence-corrected chi connectivity index (χ0v) is 14.9. The summed E-state index contributed by atoms with van der Waals surface area (Å²) < 4.78 is 11.7. The van der Waals surface area contributed by atoms with E-state index < -0.39 is 5.92 Å². The van der Waals surface area contributed by atoms with Crippen molar-refractivity contribution in [2.24, 2.45) is 5.73 Å². The highest BCUT2D eigenvalue weighted by Crippen LogP contribution is 2.44. The van der Waals surface area contributed by atoms with Gasteiger partial charge in [-0.05, 0) is 40.0 Å². The van der Waals surface area contributed by atoms with Crippen LogP contribution in [0.25, 0.3) is 0 Å². The maximum absolute atomic E-state index is 12.5. The molecule has 0 fully saturated rings. The molecule has 1 heterocycles. The van der Waals surface area contributed by atoms with Gasteiger partial charge >= 0.3 is 0 Å². The summed E-state index contributed by atoms with van der Waals surface area (Å²) in [5.74, 6) is 3.10. The van der Waals surface area contributed by atoms with Gasteiger partial charge in [-0.1, -0.05) is 12.0 Å². The van der Waals surface area contributed by atoms with E-state index in [2.05, 4.69) is 27.9 Å². The number of allylic oxidation sites excluding steroid dienone is 3. The van der Waals surface area contributed by atoms with Crippen molar-refractivity contribution in [3.63, 3.8) is 0 Å². The van der Waals surface area contributed by atoms with Gasteiger partial charge in [-0.15, -0.1) is 6.42 Å². The van der Waals surface area contributed by atoms with Crippen molar-refractivity contribution >= 4 is 21.7 Å². The summed E-state index contributed by atoms with van der Waals surface area (Å²) in [4.78, 5) is 12.5. The van der Waals surface area contributed by atoms with E-state index in [1.54, 1.807) is 6.07 Å². The Morgan fingerprint density at radius 3 is 2.92 bits per heavy atom. The van der Waals surface area contributed by atoms with Crippen LogP contribution in [0.15, 0.2) is 45.5 Å². The third-order valence-electron chi connectivity index (χ3n) is 4.21. The number of carbonyl (C=O) groups is 1. The van der Waals surface area contributed by atoms with Gasteiger partial charge in [0, 0.05) is 18.4 Å². The van der Waals surface area contributed by atoms with Crippen molar-refractivity contribution in [2.45, 2.75) is 25.2 Å². The first-order chi connectivity index (χ1) is 12.1. The number of Topliss-reactive ketones (excluding diaryl/α,β-unsaturated/α-hetero) is 1. The van der Waals surface area contributed by atoms with E-state index in [4.69, 9.17) is 21.6 Å². The van der Waals surface area contributed by atoms with E-state index >= 15 is 0 Å². The molecule has 0 spiro atoms. The molecule has 1 aliphatic carbocycles. The highest BCUT2D eigenvalue weighted by atomic mass is 79.9. The lowest BCUT2D eigenvalue weighted by molar-refractivity contribution is -0.116. The Hall–Kier alpha value is -2.70. The molecule has 1 atom stereocenters. The van der Waals surface area contributed by atoms with Crippen LogP contribution in [0.2, 0.25) is 0 Å². The van der Waals surface area contributed by atoms with Crippen molar-refractivity contribution in [3.8, 4) is 24.2 Å². The van der Waals surface area contributed by atoms with Gasteiger partial charge in [-0.3, -0.25) is 4.79 Å². The molecule has 0 aromatic heterocycles. The van der Waals surface area contributed by atoms with Crippen LogP contribution in [-0.2, 0) is 9.53 Å². The predicted molar refractivity (Wildman–Crippen MR) is 95.0 cm³/mol. The topological polar surface area (TPSA) is 85.3 Å². The summed E-state index contributed by atoms with van der Waals surface area (Å²) >= 11 is 3.45. The Labute approximate surface area is 154 Å². The molecule has 0 bridgehead atoms. The van der Waals surface area contributed by atoms with Crippen LogP contribution in [0, 0.1) is 23.7 Å². The Bertz CT molecular complexity index is 887. The average molecular weight is 399 g/mol. The summed E-state index contributed by atoms with van der Waals surface area (Å²) in [5, 5.41) is 9.55. The first-order valence-electron chi connectivity index (χ1n) is 7.76. The Morgan fingerprint density at radius 2 is 2.24 bits per heavy atom. The summed E-state index contributed by atoms with van der Waals surface area (Å²) in [7, 11) is 0. The Kier molecular flexibility index (Phi) is 4.83. The largest absolute Gasteiger partial charge is 0.480 e. The van der Waals surface area contributed by atoms with Crippen LogP contribution in [0.5, 0.6) is 5.75 Å². The van der Waals surface area contributed by atoms with Crippen molar-refractivity contribution < 1.29 is 14.3 Å². The molecule has 2 N–H and O–H groups in total. The van der Waals surface area contributed by atoms with E-state index in [0.29, 0.717) is 34.4 Å². The van der Waals surface area contributed by atoms with Crippen molar-refractivity contribution in [3.05, 3.63) is 51.0 Å². The SMILES string of the molecule is C#CCOc1ccc([C@@H]2C(C#N)=C(N)OC3=C2C(=O)CCC3)cc1Br. The number of nitriles is 1. The molecule has 126 valence electrons. The lowest BCUT2D eigenvalue weighted by Gasteiger charge is -2.31. The van der Waals surface area contributed by atoms with Gasteiger partial charge in [0.15, 0.2) is 5.78 Å². The number of terminal acetylenes is 1. The van der Waals surface area contributed by atoms with E-state index in [-0.39, 0.29) is 23.8 Å². The second kappa shape index (κ2) is 7.04. The lowest BCUT2D eigenvalue weighted by Crippen LogP contribution is -2.27. The fourth-order valence-electron chi connectivity index (χ4n) is 3.12. The number of halogens is 1. The molecule has 0 saturated heterocycles. The van der Waals surface area contributed by atoms with E-state index in [1.165, 1.54) is 0 Å². The monoisotopic (exact) mass is 398 g/mol.